The fourth-order valence-corrected chi connectivity index (χ4v) is 2.29. The van der Waals surface area contributed by atoms with E-state index in [0.717, 1.165) is 31.5 Å². The molecule has 0 amide bonds. The number of hydrogen-bond acceptors (Lipinski definition) is 2. The Balaban J connectivity index is 2.15. The van der Waals surface area contributed by atoms with Gasteiger partial charge < -0.3 is 9.53 Å². The molecule has 0 radical (unpaired) electrons. The van der Waals surface area contributed by atoms with Gasteiger partial charge in [-0.15, -0.1) is 0 Å². The van der Waals surface area contributed by atoms with Crippen molar-refractivity contribution in [2.24, 2.45) is 5.92 Å². The molecular formula is C13H24O2. The van der Waals surface area contributed by atoms with Crippen LogP contribution in [0.15, 0.2) is 0 Å². The second-order valence-corrected chi connectivity index (χ2v) is 4.74. The van der Waals surface area contributed by atoms with E-state index in [-0.39, 0.29) is 0 Å². The lowest BCUT2D eigenvalue weighted by atomic mass is 9.84. The van der Waals surface area contributed by atoms with Crippen LogP contribution in [0.3, 0.4) is 0 Å². The maximum absolute atomic E-state index is 10.3. The molecule has 0 N–H and O–H groups in total. The SMILES string of the molecule is CCC(C)OC1CCC(CCC=O)CC1. The maximum atomic E-state index is 10.3. The molecule has 0 saturated heterocycles. The van der Waals surface area contributed by atoms with Crippen LogP contribution in [0.4, 0.5) is 0 Å². The molecule has 0 aromatic heterocycles. The molecule has 2 heteroatoms. The molecule has 15 heavy (non-hydrogen) atoms. The van der Waals surface area contributed by atoms with Gasteiger partial charge >= 0.3 is 0 Å². The van der Waals surface area contributed by atoms with Crippen LogP contribution >= 0.6 is 0 Å². The van der Waals surface area contributed by atoms with Crippen LogP contribution in [0.1, 0.15) is 58.8 Å². The Labute approximate surface area is 93.4 Å². The van der Waals surface area contributed by atoms with Crippen molar-refractivity contribution in [1.29, 1.82) is 0 Å². The van der Waals surface area contributed by atoms with Crippen LogP contribution in [0, 0.1) is 5.92 Å². The molecule has 0 heterocycles. The lowest BCUT2D eigenvalue weighted by Crippen LogP contribution is -2.25. The Morgan fingerprint density at radius 1 is 1.33 bits per heavy atom. The number of carbonyl (C=O) groups is 1. The van der Waals surface area contributed by atoms with Crippen LogP contribution in [0.25, 0.3) is 0 Å². The summed E-state index contributed by atoms with van der Waals surface area (Å²) < 4.78 is 5.92. The zero-order valence-electron chi connectivity index (χ0n) is 10.1. The molecule has 0 aliphatic heterocycles. The Morgan fingerprint density at radius 3 is 2.53 bits per heavy atom. The standard InChI is InChI=1S/C13H24O2/c1-3-11(2)15-13-8-6-12(7-9-13)5-4-10-14/h10-13H,3-9H2,1-2H3. The third-order valence-corrected chi connectivity index (χ3v) is 3.49. The van der Waals surface area contributed by atoms with Crippen molar-refractivity contribution >= 4 is 6.29 Å². The van der Waals surface area contributed by atoms with Crippen molar-refractivity contribution in [1.82, 2.24) is 0 Å². The minimum Gasteiger partial charge on any atom is -0.375 e. The fraction of sp³-hybridized carbons (Fsp3) is 0.923. The van der Waals surface area contributed by atoms with E-state index in [2.05, 4.69) is 13.8 Å². The Kier molecular flexibility index (Phi) is 5.92. The van der Waals surface area contributed by atoms with Crippen molar-refractivity contribution in [3.63, 3.8) is 0 Å². The molecule has 1 fully saturated rings. The molecular weight excluding hydrogens is 188 g/mol. The second-order valence-electron chi connectivity index (χ2n) is 4.74. The summed E-state index contributed by atoms with van der Waals surface area (Å²) in [6, 6.07) is 0. The third kappa shape index (κ3) is 4.78. The number of hydrogen-bond donors (Lipinski definition) is 0. The van der Waals surface area contributed by atoms with Crippen molar-refractivity contribution in [2.45, 2.75) is 71.0 Å². The molecule has 1 atom stereocenters. The van der Waals surface area contributed by atoms with E-state index in [1.165, 1.54) is 25.7 Å². The lowest BCUT2D eigenvalue weighted by molar-refractivity contribution is -0.108. The molecule has 1 saturated carbocycles. The molecule has 1 unspecified atom stereocenters. The van der Waals surface area contributed by atoms with Crippen LogP contribution in [-0.4, -0.2) is 18.5 Å². The van der Waals surface area contributed by atoms with E-state index in [0.29, 0.717) is 12.2 Å². The minimum absolute atomic E-state index is 0.404. The number of aldehydes is 1. The first kappa shape index (κ1) is 12.7. The van der Waals surface area contributed by atoms with Crippen molar-refractivity contribution in [2.75, 3.05) is 0 Å². The summed E-state index contributed by atoms with van der Waals surface area (Å²) in [6.45, 7) is 4.32. The normalized spacial score (nSPS) is 28.7. The first-order valence-electron chi connectivity index (χ1n) is 6.35. The number of ether oxygens (including phenoxy) is 1. The summed E-state index contributed by atoms with van der Waals surface area (Å²) in [5.41, 5.74) is 0. The monoisotopic (exact) mass is 212 g/mol. The van der Waals surface area contributed by atoms with Crippen LogP contribution in [0.5, 0.6) is 0 Å². The highest BCUT2D eigenvalue weighted by Gasteiger charge is 2.22. The van der Waals surface area contributed by atoms with Gasteiger partial charge in [0.15, 0.2) is 0 Å². The van der Waals surface area contributed by atoms with Gasteiger partial charge in [-0.05, 0) is 51.4 Å². The molecule has 0 aromatic carbocycles. The molecule has 0 aromatic rings. The van der Waals surface area contributed by atoms with Gasteiger partial charge in [0.05, 0.1) is 12.2 Å². The van der Waals surface area contributed by atoms with Gasteiger partial charge in [-0.1, -0.05) is 6.92 Å². The number of carbonyl (C=O) groups excluding carboxylic acids is 1. The zero-order valence-corrected chi connectivity index (χ0v) is 10.1. The first-order chi connectivity index (χ1) is 7.26. The summed E-state index contributed by atoms with van der Waals surface area (Å²) in [7, 11) is 0. The zero-order chi connectivity index (χ0) is 11.1. The summed E-state index contributed by atoms with van der Waals surface area (Å²) in [5, 5.41) is 0. The van der Waals surface area contributed by atoms with Gasteiger partial charge in [0, 0.05) is 6.42 Å². The predicted molar refractivity (Wildman–Crippen MR) is 61.9 cm³/mol. The van der Waals surface area contributed by atoms with E-state index in [4.69, 9.17) is 4.74 Å². The molecule has 0 spiro atoms. The summed E-state index contributed by atoms with van der Waals surface area (Å²) in [4.78, 5) is 10.3. The highest BCUT2D eigenvalue weighted by atomic mass is 16.5. The average molecular weight is 212 g/mol. The predicted octanol–water partition coefficient (Wildman–Crippen LogP) is 3.34. The van der Waals surface area contributed by atoms with Crippen molar-refractivity contribution in [3.05, 3.63) is 0 Å². The fourth-order valence-electron chi connectivity index (χ4n) is 2.29. The number of rotatable bonds is 6. The van der Waals surface area contributed by atoms with E-state index >= 15 is 0 Å². The third-order valence-electron chi connectivity index (χ3n) is 3.49. The minimum atomic E-state index is 0.404. The van der Waals surface area contributed by atoms with Crippen LogP contribution < -0.4 is 0 Å². The van der Waals surface area contributed by atoms with E-state index < -0.39 is 0 Å². The second kappa shape index (κ2) is 7.00. The van der Waals surface area contributed by atoms with Gasteiger partial charge in [0.1, 0.15) is 6.29 Å². The molecule has 88 valence electrons. The van der Waals surface area contributed by atoms with Gasteiger partial charge in [-0.25, -0.2) is 0 Å². The van der Waals surface area contributed by atoms with Gasteiger partial charge in [0.25, 0.3) is 0 Å². The van der Waals surface area contributed by atoms with Gasteiger partial charge in [-0.2, -0.15) is 0 Å². The molecule has 1 aliphatic carbocycles. The molecule has 2 nitrogen and oxygen atoms in total. The highest BCUT2D eigenvalue weighted by molar-refractivity contribution is 5.49. The quantitative estimate of drug-likeness (QED) is 0.631. The van der Waals surface area contributed by atoms with E-state index in [1.54, 1.807) is 0 Å². The maximum Gasteiger partial charge on any atom is 0.120 e. The molecule has 0 bridgehead atoms. The topological polar surface area (TPSA) is 26.3 Å². The average Bonchev–Trinajstić information content (AvgIpc) is 2.28. The van der Waals surface area contributed by atoms with Crippen LogP contribution in [-0.2, 0) is 9.53 Å². The lowest BCUT2D eigenvalue weighted by Gasteiger charge is -2.30. The largest absolute Gasteiger partial charge is 0.375 e. The molecule has 1 aliphatic rings. The van der Waals surface area contributed by atoms with Gasteiger partial charge in [-0.3, -0.25) is 0 Å². The van der Waals surface area contributed by atoms with Gasteiger partial charge in [0.2, 0.25) is 0 Å². The van der Waals surface area contributed by atoms with Crippen molar-refractivity contribution < 1.29 is 9.53 Å². The van der Waals surface area contributed by atoms with E-state index in [1.807, 2.05) is 0 Å². The molecule has 1 rings (SSSR count). The summed E-state index contributed by atoms with van der Waals surface area (Å²) >= 11 is 0. The van der Waals surface area contributed by atoms with Crippen molar-refractivity contribution in [3.8, 4) is 0 Å². The summed E-state index contributed by atoms with van der Waals surface area (Å²) in [5.74, 6) is 0.770. The van der Waals surface area contributed by atoms with Crippen LogP contribution in [0.2, 0.25) is 0 Å². The van der Waals surface area contributed by atoms with E-state index in [9.17, 15) is 4.79 Å². The smallest absolute Gasteiger partial charge is 0.120 e. The first-order valence-corrected chi connectivity index (χ1v) is 6.35. The Bertz CT molecular complexity index is 171. The highest BCUT2D eigenvalue weighted by Crippen LogP contribution is 2.29. The Morgan fingerprint density at radius 2 is 2.00 bits per heavy atom. The Hall–Kier alpha value is -0.370. The summed E-state index contributed by atoms with van der Waals surface area (Å²) in [6.07, 6.45) is 9.72.